The summed E-state index contributed by atoms with van der Waals surface area (Å²) in [6, 6.07) is 0. The molecule has 0 aromatic rings. The highest BCUT2D eigenvalue weighted by molar-refractivity contribution is 4.69. The Kier molecular flexibility index (Phi) is 14.1. The first-order valence-corrected chi connectivity index (χ1v) is 8.41. The van der Waals surface area contributed by atoms with Crippen LogP contribution in [-0.2, 0) is 19.6 Å². The standard InChI is InChI=1S/C16H34N4O4/c1-5-7-19(8-6-2)9-10-20(11-13-21-23-15(3)17)12-14-22-24-16(4)18/h3-14,17-18H2,1-2H3. The van der Waals surface area contributed by atoms with Crippen molar-refractivity contribution in [1.82, 2.24) is 9.80 Å². The monoisotopic (exact) mass is 346 g/mol. The molecule has 0 rings (SSSR count). The smallest absolute Gasteiger partial charge is 0.220 e. The molecule has 0 unspecified atom stereocenters. The maximum atomic E-state index is 5.28. The van der Waals surface area contributed by atoms with Gasteiger partial charge < -0.3 is 26.1 Å². The van der Waals surface area contributed by atoms with Gasteiger partial charge in [-0.1, -0.05) is 13.8 Å². The van der Waals surface area contributed by atoms with E-state index < -0.39 is 0 Å². The zero-order valence-corrected chi connectivity index (χ0v) is 15.2. The van der Waals surface area contributed by atoms with Crippen molar-refractivity contribution >= 4 is 0 Å². The van der Waals surface area contributed by atoms with E-state index in [-0.39, 0.29) is 11.8 Å². The summed E-state index contributed by atoms with van der Waals surface area (Å²) in [5.74, 6) is 0.0774. The van der Waals surface area contributed by atoms with Crippen LogP contribution in [0.2, 0.25) is 0 Å². The van der Waals surface area contributed by atoms with Gasteiger partial charge in [0.25, 0.3) is 0 Å². The Labute approximate surface area is 145 Å². The molecule has 0 heterocycles. The summed E-state index contributed by atoms with van der Waals surface area (Å²) >= 11 is 0. The van der Waals surface area contributed by atoms with Gasteiger partial charge >= 0.3 is 0 Å². The number of hydrogen-bond donors (Lipinski definition) is 2. The van der Waals surface area contributed by atoms with Crippen molar-refractivity contribution in [1.29, 1.82) is 0 Å². The summed E-state index contributed by atoms with van der Waals surface area (Å²) < 4.78 is 0. The summed E-state index contributed by atoms with van der Waals surface area (Å²) in [5.41, 5.74) is 10.6. The zero-order valence-electron chi connectivity index (χ0n) is 15.2. The first-order valence-electron chi connectivity index (χ1n) is 8.41. The van der Waals surface area contributed by atoms with E-state index in [4.69, 9.17) is 31.0 Å². The maximum Gasteiger partial charge on any atom is 0.220 e. The van der Waals surface area contributed by atoms with E-state index >= 15 is 0 Å². The fraction of sp³-hybridized carbons (Fsp3) is 0.750. The summed E-state index contributed by atoms with van der Waals surface area (Å²) in [6.07, 6.45) is 2.29. The van der Waals surface area contributed by atoms with Crippen LogP contribution in [0.3, 0.4) is 0 Å². The highest BCUT2D eigenvalue weighted by atomic mass is 17.2. The van der Waals surface area contributed by atoms with Crippen LogP contribution in [0, 0.1) is 0 Å². The molecule has 0 saturated carbocycles. The summed E-state index contributed by atoms with van der Waals surface area (Å²) in [6.45, 7) is 17.4. The maximum absolute atomic E-state index is 5.28. The minimum atomic E-state index is 0.0387. The highest BCUT2D eigenvalue weighted by Crippen LogP contribution is 1.98. The van der Waals surface area contributed by atoms with Gasteiger partial charge in [0.1, 0.15) is 13.2 Å². The quantitative estimate of drug-likeness (QED) is 0.175. The van der Waals surface area contributed by atoms with E-state index in [0.717, 1.165) is 39.0 Å². The summed E-state index contributed by atoms with van der Waals surface area (Å²) in [5, 5.41) is 0. The highest BCUT2D eigenvalue weighted by Gasteiger charge is 2.09. The molecule has 4 N–H and O–H groups in total. The van der Waals surface area contributed by atoms with E-state index in [2.05, 4.69) is 36.8 Å². The molecule has 0 aliphatic carbocycles. The van der Waals surface area contributed by atoms with Gasteiger partial charge in [-0.25, -0.2) is 0 Å². The zero-order chi connectivity index (χ0) is 18.2. The molecule has 0 bridgehead atoms. The average molecular weight is 346 g/mol. The normalized spacial score (nSPS) is 11.0. The van der Waals surface area contributed by atoms with Crippen molar-refractivity contribution in [3.63, 3.8) is 0 Å². The Bertz CT molecular complexity index is 314. The predicted octanol–water partition coefficient (Wildman–Crippen LogP) is 1.17. The summed E-state index contributed by atoms with van der Waals surface area (Å²) in [4.78, 5) is 24.0. The van der Waals surface area contributed by atoms with Gasteiger partial charge in [-0.2, -0.15) is 9.78 Å². The third-order valence-electron chi connectivity index (χ3n) is 3.13. The van der Waals surface area contributed by atoms with Gasteiger partial charge in [-0.05, 0) is 39.1 Å². The Hall–Kier alpha value is -1.48. The molecular formula is C16H34N4O4. The fourth-order valence-electron chi connectivity index (χ4n) is 2.15. The average Bonchev–Trinajstić information content (AvgIpc) is 2.52. The predicted molar refractivity (Wildman–Crippen MR) is 94.2 cm³/mol. The van der Waals surface area contributed by atoms with Gasteiger partial charge in [0.05, 0.1) is 0 Å². The summed E-state index contributed by atoms with van der Waals surface area (Å²) in [7, 11) is 0. The topological polar surface area (TPSA) is 95.4 Å². The van der Waals surface area contributed by atoms with Crippen LogP contribution in [0.25, 0.3) is 0 Å². The van der Waals surface area contributed by atoms with Crippen LogP contribution in [0.15, 0.2) is 24.9 Å². The fourth-order valence-corrected chi connectivity index (χ4v) is 2.15. The lowest BCUT2D eigenvalue weighted by Crippen LogP contribution is -2.39. The van der Waals surface area contributed by atoms with Crippen molar-refractivity contribution in [2.45, 2.75) is 26.7 Å². The van der Waals surface area contributed by atoms with Crippen molar-refractivity contribution in [2.75, 3.05) is 52.5 Å². The van der Waals surface area contributed by atoms with E-state index in [1.54, 1.807) is 0 Å². The second kappa shape index (κ2) is 15.1. The Morgan fingerprint density at radius 1 is 0.708 bits per heavy atom. The molecule has 0 saturated heterocycles. The molecule has 8 heteroatoms. The molecule has 0 aliphatic heterocycles. The van der Waals surface area contributed by atoms with Gasteiger partial charge in [0, 0.05) is 26.2 Å². The molecule has 0 amide bonds. The molecular weight excluding hydrogens is 312 g/mol. The van der Waals surface area contributed by atoms with Crippen molar-refractivity contribution in [3.05, 3.63) is 24.9 Å². The molecule has 142 valence electrons. The lowest BCUT2D eigenvalue weighted by atomic mass is 10.3. The number of nitrogens with two attached hydrogens (primary N) is 2. The van der Waals surface area contributed by atoms with Crippen molar-refractivity contribution in [2.24, 2.45) is 11.5 Å². The molecule has 8 nitrogen and oxygen atoms in total. The van der Waals surface area contributed by atoms with Crippen LogP contribution < -0.4 is 11.5 Å². The number of rotatable bonds is 17. The van der Waals surface area contributed by atoms with E-state index in [9.17, 15) is 0 Å². The van der Waals surface area contributed by atoms with Crippen LogP contribution in [-0.4, -0.2) is 62.3 Å². The third kappa shape index (κ3) is 14.1. The van der Waals surface area contributed by atoms with E-state index in [0.29, 0.717) is 26.3 Å². The van der Waals surface area contributed by atoms with Crippen LogP contribution in [0.1, 0.15) is 26.7 Å². The largest absolute Gasteiger partial charge is 0.368 e. The Morgan fingerprint density at radius 2 is 1.08 bits per heavy atom. The molecule has 24 heavy (non-hydrogen) atoms. The van der Waals surface area contributed by atoms with Gasteiger partial charge in [0.15, 0.2) is 0 Å². The molecule has 0 aromatic carbocycles. The lowest BCUT2D eigenvalue weighted by molar-refractivity contribution is -0.270. The van der Waals surface area contributed by atoms with Crippen molar-refractivity contribution < 1.29 is 19.6 Å². The molecule has 0 radical (unpaired) electrons. The van der Waals surface area contributed by atoms with Crippen LogP contribution >= 0.6 is 0 Å². The Balaban J connectivity index is 4.21. The lowest BCUT2D eigenvalue weighted by Gasteiger charge is -2.27. The minimum Gasteiger partial charge on any atom is -0.368 e. The second-order valence-electron chi connectivity index (χ2n) is 5.43. The molecule has 0 fully saturated rings. The van der Waals surface area contributed by atoms with Crippen LogP contribution in [0.5, 0.6) is 0 Å². The third-order valence-corrected chi connectivity index (χ3v) is 3.13. The molecule has 0 aliphatic rings. The Morgan fingerprint density at radius 3 is 1.42 bits per heavy atom. The number of hydrogen-bond acceptors (Lipinski definition) is 8. The number of nitrogens with zero attached hydrogens (tertiary/aromatic N) is 2. The van der Waals surface area contributed by atoms with Gasteiger partial charge in [-0.3, -0.25) is 4.90 Å². The van der Waals surface area contributed by atoms with Crippen molar-refractivity contribution in [3.8, 4) is 0 Å². The molecule has 0 atom stereocenters. The first-order chi connectivity index (χ1) is 11.5. The minimum absolute atomic E-state index is 0.0387. The second-order valence-corrected chi connectivity index (χ2v) is 5.43. The van der Waals surface area contributed by atoms with Gasteiger partial charge in [0.2, 0.25) is 11.8 Å². The van der Waals surface area contributed by atoms with Crippen LogP contribution in [0.4, 0.5) is 0 Å². The van der Waals surface area contributed by atoms with Gasteiger partial charge in [-0.15, -0.1) is 0 Å². The van der Waals surface area contributed by atoms with E-state index in [1.165, 1.54) is 0 Å². The van der Waals surface area contributed by atoms with E-state index in [1.807, 2.05) is 0 Å². The molecule has 0 spiro atoms. The SMILES string of the molecule is C=C(N)OOCCN(CCOOC(=C)N)CCN(CCC)CCC. The first kappa shape index (κ1) is 22.5. The molecule has 0 aromatic heterocycles.